The first-order valence-electron chi connectivity index (χ1n) is 8.18. The number of hydrogen-bond acceptors (Lipinski definition) is 5. The third kappa shape index (κ3) is 5.82. The van der Waals surface area contributed by atoms with E-state index in [1.54, 1.807) is 31.2 Å². The number of anilines is 1. The standard InChI is InChI=1S/C19H20BrN3O4/c1-4-27-16-9-13(8-15(20)17(16)24)10-21-23-19(26)18(25)22-14-6-11(2)5-12(3)7-14/h5-10,24H,4H2,1-3H3,(H,22,25)(H,23,26). The van der Waals surface area contributed by atoms with E-state index in [2.05, 4.69) is 31.8 Å². The zero-order valence-corrected chi connectivity index (χ0v) is 16.8. The molecule has 27 heavy (non-hydrogen) atoms. The Labute approximate surface area is 165 Å². The number of carbonyl (C=O) groups is 2. The topological polar surface area (TPSA) is 100 Å². The van der Waals surface area contributed by atoms with Crippen molar-refractivity contribution in [2.45, 2.75) is 20.8 Å². The van der Waals surface area contributed by atoms with Gasteiger partial charge in [-0.15, -0.1) is 0 Å². The van der Waals surface area contributed by atoms with Crippen LogP contribution in [-0.4, -0.2) is 29.7 Å². The van der Waals surface area contributed by atoms with E-state index in [1.165, 1.54) is 6.21 Å². The Hall–Kier alpha value is -2.87. The maximum Gasteiger partial charge on any atom is 0.329 e. The Morgan fingerprint density at radius 1 is 1.15 bits per heavy atom. The Morgan fingerprint density at radius 3 is 2.44 bits per heavy atom. The first kappa shape index (κ1) is 20.4. The highest BCUT2D eigenvalue weighted by atomic mass is 79.9. The minimum Gasteiger partial charge on any atom is -0.503 e. The van der Waals surface area contributed by atoms with Gasteiger partial charge in [0, 0.05) is 5.69 Å². The monoisotopic (exact) mass is 433 g/mol. The highest BCUT2D eigenvalue weighted by molar-refractivity contribution is 9.10. The normalized spacial score (nSPS) is 10.7. The molecule has 0 heterocycles. The van der Waals surface area contributed by atoms with Crippen molar-refractivity contribution in [3.8, 4) is 11.5 Å². The van der Waals surface area contributed by atoms with Crippen molar-refractivity contribution in [3.05, 3.63) is 51.5 Å². The second-order valence-corrected chi connectivity index (χ2v) is 6.67. The van der Waals surface area contributed by atoms with E-state index in [0.29, 0.717) is 22.3 Å². The van der Waals surface area contributed by atoms with Crippen molar-refractivity contribution in [3.63, 3.8) is 0 Å². The second-order valence-electron chi connectivity index (χ2n) is 5.81. The lowest BCUT2D eigenvalue weighted by molar-refractivity contribution is -0.136. The molecule has 0 aromatic heterocycles. The number of aryl methyl sites for hydroxylation is 2. The molecule has 0 aliphatic rings. The highest BCUT2D eigenvalue weighted by Crippen LogP contribution is 2.35. The van der Waals surface area contributed by atoms with Gasteiger partial charge in [0.25, 0.3) is 0 Å². The van der Waals surface area contributed by atoms with Gasteiger partial charge in [-0.1, -0.05) is 6.07 Å². The maximum absolute atomic E-state index is 12.0. The summed E-state index contributed by atoms with van der Waals surface area (Å²) in [6, 6.07) is 8.67. The van der Waals surface area contributed by atoms with Crippen LogP contribution in [-0.2, 0) is 9.59 Å². The van der Waals surface area contributed by atoms with Crippen molar-refractivity contribution in [2.24, 2.45) is 5.10 Å². The number of benzene rings is 2. The van der Waals surface area contributed by atoms with E-state index in [4.69, 9.17) is 4.74 Å². The molecule has 0 aliphatic carbocycles. The Bertz CT molecular complexity index is 877. The largest absolute Gasteiger partial charge is 0.503 e. The number of rotatable bonds is 5. The van der Waals surface area contributed by atoms with E-state index in [-0.39, 0.29) is 11.5 Å². The molecule has 0 atom stereocenters. The molecule has 0 saturated carbocycles. The van der Waals surface area contributed by atoms with Crippen LogP contribution in [0.5, 0.6) is 11.5 Å². The summed E-state index contributed by atoms with van der Waals surface area (Å²) < 4.78 is 5.74. The molecule has 3 N–H and O–H groups in total. The number of ether oxygens (including phenoxy) is 1. The molecule has 0 unspecified atom stereocenters. The van der Waals surface area contributed by atoms with Crippen molar-refractivity contribution >= 4 is 39.6 Å². The number of phenols is 1. The lowest BCUT2D eigenvalue weighted by Gasteiger charge is -2.08. The molecule has 7 nitrogen and oxygen atoms in total. The molecule has 0 radical (unpaired) electrons. The molecule has 0 fully saturated rings. The molecule has 2 rings (SSSR count). The van der Waals surface area contributed by atoms with Crippen molar-refractivity contribution in [2.75, 3.05) is 11.9 Å². The molecule has 0 spiro atoms. The third-order valence-electron chi connectivity index (χ3n) is 3.42. The van der Waals surface area contributed by atoms with Crippen LogP contribution < -0.4 is 15.5 Å². The number of halogens is 1. The fourth-order valence-corrected chi connectivity index (χ4v) is 2.84. The van der Waals surface area contributed by atoms with Gasteiger partial charge in [0.15, 0.2) is 11.5 Å². The Balaban J connectivity index is 2.01. The van der Waals surface area contributed by atoms with Crippen LogP contribution in [0, 0.1) is 13.8 Å². The summed E-state index contributed by atoms with van der Waals surface area (Å²) in [5, 5.41) is 16.2. The Kier molecular flexibility index (Phi) is 6.95. The number of hydrogen-bond donors (Lipinski definition) is 3. The average Bonchev–Trinajstić information content (AvgIpc) is 2.58. The molecule has 2 aromatic carbocycles. The smallest absolute Gasteiger partial charge is 0.329 e. The van der Waals surface area contributed by atoms with Crippen LogP contribution in [0.4, 0.5) is 5.69 Å². The highest BCUT2D eigenvalue weighted by Gasteiger charge is 2.13. The predicted octanol–water partition coefficient (Wildman–Crippen LogP) is 3.26. The molecule has 142 valence electrons. The van der Waals surface area contributed by atoms with E-state index < -0.39 is 11.8 Å². The minimum atomic E-state index is -0.895. The number of amides is 2. The number of nitrogens with one attached hydrogen (secondary N) is 2. The van der Waals surface area contributed by atoms with Gasteiger partial charge in [-0.25, -0.2) is 5.43 Å². The van der Waals surface area contributed by atoms with E-state index in [0.717, 1.165) is 11.1 Å². The van der Waals surface area contributed by atoms with Gasteiger partial charge in [-0.05, 0) is 77.7 Å². The molecule has 2 amide bonds. The SMILES string of the molecule is CCOc1cc(C=NNC(=O)C(=O)Nc2cc(C)cc(C)c2)cc(Br)c1O. The van der Waals surface area contributed by atoms with E-state index in [1.807, 2.05) is 19.9 Å². The molecular weight excluding hydrogens is 414 g/mol. The van der Waals surface area contributed by atoms with Gasteiger partial charge in [0.1, 0.15) is 0 Å². The van der Waals surface area contributed by atoms with Gasteiger partial charge in [-0.2, -0.15) is 5.10 Å². The molecule has 8 heteroatoms. The molecule has 0 aliphatic heterocycles. The number of phenolic OH excluding ortho intramolecular Hbond substituents is 1. The van der Waals surface area contributed by atoms with Crippen LogP contribution in [0.25, 0.3) is 0 Å². The van der Waals surface area contributed by atoms with Gasteiger partial charge >= 0.3 is 11.8 Å². The zero-order valence-electron chi connectivity index (χ0n) is 15.2. The third-order valence-corrected chi connectivity index (χ3v) is 4.02. The summed E-state index contributed by atoms with van der Waals surface area (Å²) in [6.07, 6.45) is 1.34. The molecule has 0 saturated heterocycles. The van der Waals surface area contributed by atoms with Gasteiger partial charge < -0.3 is 15.2 Å². The lowest BCUT2D eigenvalue weighted by atomic mass is 10.1. The van der Waals surface area contributed by atoms with Crippen molar-refractivity contribution in [1.82, 2.24) is 5.43 Å². The summed E-state index contributed by atoms with van der Waals surface area (Å²) in [4.78, 5) is 23.8. The maximum atomic E-state index is 12.0. The Morgan fingerprint density at radius 2 is 1.81 bits per heavy atom. The first-order valence-corrected chi connectivity index (χ1v) is 8.97. The number of aromatic hydroxyl groups is 1. The molecular formula is C19H20BrN3O4. The van der Waals surface area contributed by atoms with Crippen LogP contribution >= 0.6 is 15.9 Å². The number of hydrazone groups is 1. The predicted molar refractivity (Wildman–Crippen MR) is 107 cm³/mol. The molecule has 0 bridgehead atoms. The van der Waals surface area contributed by atoms with Crippen LogP contribution in [0.3, 0.4) is 0 Å². The number of nitrogens with zero attached hydrogens (tertiary/aromatic N) is 1. The average molecular weight is 434 g/mol. The summed E-state index contributed by atoms with van der Waals surface area (Å²) in [7, 11) is 0. The summed E-state index contributed by atoms with van der Waals surface area (Å²) in [5.74, 6) is -1.45. The summed E-state index contributed by atoms with van der Waals surface area (Å²) in [6.45, 7) is 5.98. The van der Waals surface area contributed by atoms with Crippen LogP contribution in [0.15, 0.2) is 39.9 Å². The summed E-state index contributed by atoms with van der Waals surface area (Å²) >= 11 is 3.22. The van der Waals surface area contributed by atoms with Gasteiger partial charge in [0.05, 0.1) is 17.3 Å². The second kappa shape index (κ2) is 9.18. The van der Waals surface area contributed by atoms with E-state index in [9.17, 15) is 14.7 Å². The van der Waals surface area contributed by atoms with Crippen molar-refractivity contribution < 1.29 is 19.4 Å². The van der Waals surface area contributed by atoms with E-state index >= 15 is 0 Å². The van der Waals surface area contributed by atoms with Gasteiger partial charge in [0.2, 0.25) is 0 Å². The molecule has 2 aromatic rings. The van der Waals surface area contributed by atoms with Gasteiger partial charge in [-0.3, -0.25) is 9.59 Å². The number of carbonyl (C=O) groups excluding carboxylic acids is 2. The first-order chi connectivity index (χ1) is 12.8. The summed E-state index contributed by atoms with van der Waals surface area (Å²) in [5.41, 5.74) is 5.23. The lowest BCUT2D eigenvalue weighted by Crippen LogP contribution is -2.32. The fourth-order valence-electron chi connectivity index (χ4n) is 2.38. The quantitative estimate of drug-likeness (QED) is 0.382. The minimum absolute atomic E-state index is 0.0224. The van der Waals surface area contributed by atoms with Crippen molar-refractivity contribution in [1.29, 1.82) is 0 Å². The fraction of sp³-hybridized carbons (Fsp3) is 0.211. The van der Waals surface area contributed by atoms with Crippen LogP contribution in [0.1, 0.15) is 23.6 Å². The van der Waals surface area contributed by atoms with Crippen LogP contribution in [0.2, 0.25) is 0 Å². The zero-order chi connectivity index (χ0) is 20.0.